The van der Waals surface area contributed by atoms with Crippen LogP contribution in [0.1, 0.15) is 15.9 Å². The summed E-state index contributed by atoms with van der Waals surface area (Å²) in [5, 5.41) is 4.84. The van der Waals surface area contributed by atoms with Crippen molar-refractivity contribution in [2.75, 3.05) is 0 Å². The lowest BCUT2D eigenvalue weighted by Gasteiger charge is -2.36. The van der Waals surface area contributed by atoms with Gasteiger partial charge in [-0.1, -0.05) is 156 Å². The summed E-state index contributed by atoms with van der Waals surface area (Å²) >= 11 is 3.70. The van der Waals surface area contributed by atoms with E-state index >= 15 is 0 Å². The average molecular weight is 556 g/mol. The van der Waals surface area contributed by atoms with Gasteiger partial charge in [-0.3, -0.25) is 4.79 Å². The lowest BCUT2D eigenvalue weighted by atomic mass is 10.1. The number of Topliss-reactive ketones (excluding diaryl/α,β-unsaturated/α-hetero) is 1. The number of benzene rings is 4. The molecule has 0 spiro atoms. The van der Waals surface area contributed by atoms with E-state index in [0.717, 1.165) is 20.8 Å². The van der Waals surface area contributed by atoms with E-state index in [0.29, 0.717) is 0 Å². The Hall–Kier alpha value is -2.80. The molecule has 0 aliphatic heterocycles. The van der Waals surface area contributed by atoms with E-state index in [4.69, 9.17) is 0 Å². The predicted octanol–water partition coefficient (Wildman–Crippen LogP) is 7.40. The van der Waals surface area contributed by atoms with Crippen LogP contribution in [0.5, 0.6) is 0 Å². The number of hydrogen-bond acceptors (Lipinski definition) is 1. The lowest BCUT2D eigenvalue weighted by molar-refractivity contribution is 0.104. The van der Waals surface area contributed by atoms with Crippen molar-refractivity contribution in [2.24, 2.45) is 0 Å². The minimum Gasteiger partial charge on any atom is -0.289 e. The highest BCUT2D eigenvalue weighted by Crippen LogP contribution is 2.36. The van der Waals surface area contributed by atoms with E-state index in [9.17, 15) is 4.79 Å². The molecule has 0 saturated heterocycles. The van der Waals surface area contributed by atoms with Crippen LogP contribution in [0.2, 0.25) is 26.2 Å². The molecule has 0 radical (unpaired) electrons. The Kier molecular flexibility index (Phi) is 7.55. The summed E-state index contributed by atoms with van der Waals surface area (Å²) in [5.41, 5.74) is 1.89. The van der Waals surface area contributed by atoms with Crippen LogP contribution in [-0.4, -0.2) is 21.9 Å². The molecular formula is C31H31BrOSi2. The monoisotopic (exact) mass is 554 g/mol. The topological polar surface area (TPSA) is 17.1 Å². The zero-order valence-corrected chi connectivity index (χ0v) is 24.3. The summed E-state index contributed by atoms with van der Waals surface area (Å²) in [6.07, 6.45) is 0. The van der Waals surface area contributed by atoms with Crippen molar-refractivity contribution in [1.82, 2.24) is 0 Å². The molecule has 0 fully saturated rings. The highest BCUT2D eigenvalue weighted by Gasteiger charge is 2.41. The van der Waals surface area contributed by atoms with Crippen LogP contribution < -0.4 is 10.4 Å². The fraction of sp³-hybridized carbons (Fsp3) is 0.129. The molecule has 35 heavy (non-hydrogen) atoms. The minimum absolute atomic E-state index is 0.151. The smallest absolute Gasteiger partial charge is 0.185 e. The van der Waals surface area contributed by atoms with Crippen LogP contribution in [0, 0.1) is 0 Å². The van der Waals surface area contributed by atoms with Gasteiger partial charge in [0.15, 0.2) is 5.78 Å². The summed E-state index contributed by atoms with van der Waals surface area (Å²) in [4.78, 5) is 14.5. The van der Waals surface area contributed by atoms with Gasteiger partial charge in [-0.25, -0.2) is 0 Å². The largest absolute Gasteiger partial charge is 0.289 e. The summed E-state index contributed by atoms with van der Waals surface area (Å²) in [6.45, 7) is 9.41. The van der Waals surface area contributed by atoms with Gasteiger partial charge in [0.2, 0.25) is 0 Å². The Morgan fingerprint density at radius 1 is 0.571 bits per heavy atom. The van der Waals surface area contributed by atoms with E-state index < -0.39 is 16.1 Å². The van der Waals surface area contributed by atoms with Crippen LogP contribution in [0.15, 0.2) is 125 Å². The fourth-order valence-electron chi connectivity index (χ4n) is 4.90. The van der Waals surface area contributed by atoms with E-state index in [-0.39, 0.29) is 5.78 Å². The summed E-state index contributed by atoms with van der Waals surface area (Å²) in [5.74, 6) is 0.151. The first-order valence-corrected chi connectivity index (χ1v) is 18.7. The molecule has 4 aromatic carbocycles. The minimum atomic E-state index is -2.41. The molecule has 0 bridgehead atoms. The number of halogens is 1. The number of carbonyl (C=O) groups excluding carboxylic acids is 1. The maximum Gasteiger partial charge on any atom is 0.185 e. The SMILES string of the molecule is C[Si](C)(/C(C(=O)c1ccccc1)=C(\c1cccc(Br)c1)[Si](C)(C)c1ccccc1)c1ccccc1. The predicted molar refractivity (Wildman–Crippen MR) is 159 cm³/mol. The standard InChI is InChI=1S/C31H31BrOSi2/c1-34(2,27-19-10-6-11-20-27)30(25-17-14-18-26(32)23-25)31(29(33)24-15-8-5-9-16-24)35(3,4)28-21-12-7-13-22-28/h5-23H,1-4H3/b31-30+. The fourth-order valence-corrected chi connectivity index (χ4v) is 12.9. The summed E-state index contributed by atoms with van der Waals surface area (Å²) < 4.78 is 1.02. The molecule has 176 valence electrons. The Balaban J connectivity index is 2.14. The van der Waals surface area contributed by atoms with Crippen LogP contribution in [0.3, 0.4) is 0 Å². The molecule has 0 unspecified atom stereocenters. The van der Waals surface area contributed by atoms with Gasteiger partial charge in [0.25, 0.3) is 0 Å². The van der Waals surface area contributed by atoms with Gasteiger partial charge in [0, 0.05) is 10.0 Å². The van der Waals surface area contributed by atoms with Crippen molar-refractivity contribution in [2.45, 2.75) is 26.2 Å². The maximum atomic E-state index is 14.5. The van der Waals surface area contributed by atoms with Gasteiger partial charge < -0.3 is 0 Å². The molecule has 0 aliphatic carbocycles. The van der Waals surface area contributed by atoms with Crippen molar-refractivity contribution in [3.8, 4) is 0 Å². The van der Waals surface area contributed by atoms with Gasteiger partial charge >= 0.3 is 0 Å². The van der Waals surface area contributed by atoms with Crippen LogP contribution in [-0.2, 0) is 0 Å². The van der Waals surface area contributed by atoms with Gasteiger partial charge in [0.1, 0.15) is 16.1 Å². The summed E-state index contributed by atoms with van der Waals surface area (Å²) in [7, 11) is -4.71. The Bertz CT molecular complexity index is 1340. The molecule has 0 amide bonds. The molecule has 0 aromatic heterocycles. The highest BCUT2D eigenvalue weighted by molar-refractivity contribution is 9.10. The van der Waals surface area contributed by atoms with Crippen molar-refractivity contribution in [1.29, 1.82) is 0 Å². The van der Waals surface area contributed by atoms with Crippen molar-refractivity contribution >= 4 is 53.4 Å². The molecule has 4 rings (SSSR count). The molecule has 0 atom stereocenters. The van der Waals surface area contributed by atoms with Crippen LogP contribution in [0.4, 0.5) is 0 Å². The second kappa shape index (κ2) is 10.4. The molecular weight excluding hydrogens is 524 g/mol. The average Bonchev–Trinajstić information content (AvgIpc) is 2.88. The molecule has 0 saturated carbocycles. The van der Waals surface area contributed by atoms with E-state index in [2.05, 4.69) is 121 Å². The van der Waals surface area contributed by atoms with Crippen molar-refractivity contribution < 1.29 is 4.79 Å². The number of carbonyl (C=O) groups is 1. The normalized spacial score (nSPS) is 12.7. The first kappa shape index (κ1) is 25.3. The molecule has 0 heterocycles. The molecule has 4 aromatic rings. The van der Waals surface area contributed by atoms with Crippen molar-refractivity contribution in [3.63, 3.8) is 0 Å². The number of allylic oxidation sites excluding steroid dienone is 1. The van der Waals surface area contributed by atoms with E-state index in [1.807, 2.05) is 36.4 Å². The van der Waals surface area contributed by atoms with Crippen LogP contribution in [0.25, 0.3) is 5.20 Å². The van der Waals surface area contributed by atoms with Crippen LogP contribution >= 0.6 is 15.9 Å². The Labute approximate surface area is 219 Å². The highest BCUT2D eigenvalue weighted by atomic mass is 79.9. The third-order valence-electron chi connectivity index (χ3n) is 6.87. The van der Waals surface area contributed by atoms with Crippen molar-refractivity contribution in [3.05, 3.63) is 136 Å². The zero-order valence-electron chi connectivity index (χ0n) is 20.8. The van der Waals surface area contributed by atoms with Gasteiger partial charge in [-0.05, 0) is 28.1 Å². The van der Waals surface area contributed by atoms with Gasteiger partial charge in [-0.2, -0.15) is 0 Å². The molecule has 0 aliphatic rings. The van der Waals surface area contributed by atoms with E-state index in [1.165, 1.54) is 15.6 Å². The Morgan fingerprint density at radius 3 is 1.54 bits per heavy atom. The molecule has 4 heteroatoms. The number of hydrogen-bond donors (Lipinski definition) is 0. The van der Waals surface area contributed by atoms with Gasteiger partial charge in [0.05, 0.1) is 0 Å². The first-order valence-electron chi connectivity index (χ1n) is 11.9. The zero-order chi connectivity index (χ0) is 25.1. The van der Waals surface area contributed by atoms with E-state index in [1.54, 1.807) is 0 Å². The second-order valence-corrected chi connectivity index (χ2v) is 19.5. The number of rotatable bonds is 7. The number of ketones is 1. The second-order valence-electron chi connectivity index (χ2n) is 9.94. The quantitative estimate of drug-likeness (QED) is 0.132. The lowest BCUT2D eigenvalue weighted by Crippen LogP contribution is -2.51. The molecule has 0 N–H and O–H groups in total. The summed E-state index contributed by atoms with van der Waals surface area (Å²) in [6, 6.07) is 39.6. The first-order chi connectivity index (χ1) is 16.7. The maximum absolute atomic E-state index is 14.5. The third kappa shape index (κ3) is 5.25. The van der Waals surface area contributed by atoms with Gasteiger partial charge in [-0.15, -0.1) is 0 Å². The third-order valence-corrected chi connectivity index (χ3v) is 14.7. The Morgan fingerprint density at radius 2 is 1.03 bits per heavy atom. The molecule has 1 nitrogen and oxygen atoms in total.